The van der Waals surface area contributed by atoms with Gasteiger partial charge in [0.1, 0.15) is 0 Å². The molecule has 0 atom stereocenters. The Morgan fingerprint density at radius 1 is 1.15 bits per heavy atom. The van der Waals surface area contributed by atoms with Gasteiger partial charge in [0.05, 0.1) is 21.1 Å². The molecule has 0 aliphatic rings. The number of aromatic carboxylic acids is 1. The summed E-state index contributed by atoms with van der Waals surface area (Å²) in [6.07, 6.45) is 0.808. The van der Waals surface area contributed by atoms with Crippen LogP contribution in [0, 0.1) is 0 Å². The molecule has 0 bridgehead atoms. The second-order valence-corrected chi connectivity index (χ2v) is 6.15. The number of thiazole rings is 1. The minimum atomic E-state index is -0.896. The van der Waals surface area contributed by atoms with Crippen molar-refractivity contribution in [2.75, 3.05) is 0 Å². The van der Waals surface area contributed by atoms with Crippen LogP contribution >= 0.6 is 22.7 Å². The first-order valence-corrected chi connectivity index (χ1v) is 7.79. The third-order valence-corrected chi connectivity index (χ3v) is 4.65. The zero-order chi connectivity index (χ0) is 13.9. The lowest BCUT2D eigenvalue weighted by atomic mass is 10.2. The molecule has 0 amide bonds. The second kappa shape index (κ2) is 5.56. The normalized spacial score (nSPS) is 10.6. The standard InChI is InChI=1S/C15H11NO2S2/c17-15(18)11-7-13(19-8-11)12-9-20-14(16-12)6-10-4-2-1-3-5-10/h1-5,7-9H,6H2,(H,17,18). The van der Waals surface area contributed by atoms with E-state index in [2.05, 4.69) is 17.1 Å². The number of nitrogens with zero attached hydrogens (tertiary/aromatic N) is 1. The minimum absolute atomic E-state index is 0.322. The van der Waals surface area contributed by atoms with E-state index in [9.17, 15) is 4.79 Å². The highest BCUT2D eigenvalue weighted by molar-refractivity contribution is 7.14. The molecule has 0 aliphatic heterocycles. The van der Waals surface area contributed by atoms with Gasteiger partial charge in [-0.3, -0.25) is 0 Å². The molecule has 0 fully saturated rings. The fraction of sp³-hybridized carbons (Fsp3) is 0.0667. The quantitative estimate of drug-likeness (QED) is 0.787. The molecule has 1 N–H and O–H groups in total. The molecule has 20 heavy (non-hydrogen) atoms. The maximum atomic E-state index is 10.9. The lowest BCUT2D eigenvalue weighted by Crippen LogP contribution is -1.91. The number of carboxylic acid groups (broad SMARTS) is 1. The van der Waals surface area contributed by atoms with E-state index in [0.29, 0.717) is 5.56 Å². The molecule has 100 valence electrons. The van der Waals surface area contributed by atoms with Crippen molar-refractivity contribution >= 4 is 28.6 Å². The number of carboxylic acids is 1. The second-order valence-electron chi connectivity index (χ2n) is 4.29. The first kappa shape index (κ1) is 13.0. The van der Waals surface area contributed by atoms with Crippen molar-refractivity contribution in [2.24, 2.45) is 0 Å². The highest BCUT2D eigenvalue weighted by Gasteiger charge is 2.11. The van der Waals surface area contributed by atoms with Gasteiger partial charge in [-0.15, -0.1) is 22.7 Å². The Morgan fingerprint density at radius 3 is 2.65 bits per heavy atom. The Kier molecular flexibility index (Phi) is 3.62. The van der Waals surface area contributed by atoms with Gasteiger partial charge in [-0.25, -0.2) is 9.78 Å². The summed E-state index contributed by atoms with van der Waals surface area (Å²) in [4.78, 5) is 16.4. The van der Waals surface area contributed by atoms with Gasteiger partial charge in [0.15, 0.2) is 0 Å². The van der Waals surface area contributed by atoms with Crippen molar-refractivity contribution in [2.45, 2.75) is 6.42 Å². The molecule has 2 heterocycles. The summed E-state index contributed by atoms with van der Waals surface area (Å²) in [5.74, 6) is -0.896. The van der Waals surface area contributed by atoms with Crippen LogP contribution < -0.4 is 0 Å². The Bertz CT molecular complexity index is 731. The summed E-state index contributed by atoms with van der Waals surface area (Å²) in [6, 6.07) is 11.9. The largest absolute Gasteiger partial charge is 0.478 e. The topological polar surface area (TPSA) is 50.2 Å². The SMILES string of the molecule is O=C(O)c1csc(-c2csc(Cc3ccccc3)n2)c1. The van der Waals surface area contributed by atoms with Gasteiger partial charge in [-0.1, -0.05) is 30.3 Å². The van der Waals surface area contributed by atoms with Crippen LogP contribution in [0.3, 0.4) is 0 Å². The maximum absolute atomic E-state index is 10.9. The molecular weight excluding hydrogens is 290 g/mol. The van der Waals surface area contributed by atoms with Gasteiger partial charge in [-0.2, -0.15) is 0 Å². The van der Waals surface area contributed by atoms with Gasteiger partial charge >= 0.3 is 5.97 Å². The van der Waals surface area contributed by atoms with E-state index in [1.807, 2.05) is 23.6 Å². The molecule has 0 saturated carbocycles. The van der Waals surface area contributed by atoms with E-state index in [0.717, 1.165) is 22.0 Å². The molecule has 0 unspecified atom stereocenters. The zero-order valence-electron chi connectivity index (χ0n) is 10.4. The van der Waals surface area contributed by atoms with Crippen molar-refractivity contribution in [3.63, 3.8) is 0 Å². The molecule has 3 rings (SSSR count). The zero-order valence-corrected chi connectivity index (χ0v) is 12.1. The van der Waals surface area contributed by atoms with Crippen LogP contribution in [-0.2, 0) is 6.42 Å². The van der Waals surface area contributed by atoms with Crippen molar-refractivity contribution in [3.05, 3.63) is 63.3 Å². The molecule has 2 aromatic heterocycles. The van der Waals surface area contributed by atoms with Gasteiger partial charge in [-0.05, 0) is 11.6 Å². The average Bonchev–Trinajstić information content (AvgIpc) is 3.08. The fourth-order valence-corrected chi connectivity index (χ4v) is 3.60. The molecule has 1 aromatic carbocycles. The van der Waals surface area contributed by atoms with E-state index in [1.165, 1.54) is 16.9 Å². The Balaban J connectivity index is 1.81. The van der Waals surface area contributed by atoms with E-state index < -0.39 is 5.97 Å². The smallest absolute Gasteiger partial charge is 0.336 e. The number of hydrogen-bond donors (Lipinski definition) is 1. The summed E-state index contributed by atoms with van der Waals surface area (Å²) in [6.45, 7) is 0. The van der Waals surface area contributed by atoms with Gasteiger partial charge in [0.2, 0.25) is 0 Å². The molecule has 3 aromatic rings. The first-order chi connectivity index (χ1) is 9.72. The number of rotatable bonds is 4. The summed E-state index contributed by atoms with van der Waals surface area (Å²) >= 11 is 3.02. The van der Waals surface area contributed by atoms with E-state index in [1.54, 1.807) is 22.8 Å². The van der Waals surface area contributed by atoms with Gasteiger partial charge in [0, 0.05) is 17.2 Å². The average molecular weight is 301 g/mol. The summed E-state index contributed by atoms with van der Waals surface area (Å²) < 4.78 is 0. The van der Waals surface area contributed by atoms with E-state index in [4.69, 9.17) is 5.11 Å². The van der Waals surface area contributed by atoms with Gasteiger partial charge in [0.25, 0.3) is 0 Å². The predicted octanol–water partition coefficient (Wildman–Crippen LogP) is 4.16. The van der Waals surface area contributed by atoms with Crippen LogP contribution in [0.25, 0.3) is 10.6 Å². The number of hydrogen-bond acceptors (Lipinski definition) is 4. The first-order valence-electron chi connectivity index (χ1n) is 6.03. The van der Waals surface area contributed by atoms with Crippen LogP contribution in [0.2, 0.25) is 0 Å². The van der Waals surface area contributed by atoms with Crippen LogP contribution in [0.4, 0.5) is 0 Å². The molecule has 0 saturated heterocycles. The highest BCUT2D eigenvalue weighted by atomic mass is 32.1. The van der Waals surface area contributed by atoms with Gasteiger partial charge < -0.3 is 5.11 Å². The van der Waals surface area contributed by atoms with Crippen molar-refractivity contribution in [3.8, 4) is 10.6 Å². The molecule has 0 spiro atoms. The van der Waals surface area contributed by atoms with Crippen molar-refractivity contribution in [1.82, 2.24) is 4.98 Å². The molecule has 0 radical (unpaired) electrons. The monoisotopic (exact) mass is 301 g/mol. The number of aromatic nitrogens is 1. The van der Waals surface area contributed by atoms with Crippen LogP contribution in [0.1, 0.15) is 20.9 Å². The highest BCUT2D eigenvalue weighted by Crippen LogP contribution is 2.29. The lowest BCUT2D eigenvalue weighted by molar-refractivity contribution is 0.0697. The fourth-order valence-electron chi connectivity index (χ4n) is 1.86. The summed E-state index contributed by atoms with van der Waals surface area (Å²) in [5, 5.41) is 13.6. The summed E-state index contributed by atoms with van der Waals surface area (Å²) in [5.41, 5.74) is 2.41. The van der Waals surface area contributed by atoms with Crippen molar-refractivity contribution < 1.29 is 9.90 Å². The Morgan fingerprint density at radius 2 is 1.95 bits per heavy atom. The molecule has 5 heteroatoms. The number of benzene rings is 1. The van der Waals surface area contributed by atoms with Crippen molar-refractivity contribution in [1.29, 1.82) is 0 Å². The van der Waals surface area contributed by atoms with Crippen LogP contribution in [-0.4, -0.2) is 16.1 Å². The van der Waals surface area contributed by atoms with Crippen LogP contribution in [0.5, 0.6) is 0 Å². The Hall–Kier alpha value is -1.98. The third-order valence-electron chi connectivity index (χ3n) is 2.85. The maximum Gasteiger partial charge on any atom is 0.336 e. The molecular formula is C15H11NO2S2. The Labute approximate surface area is 124 Å². The third kappa shape index (κ3) is 2.79. The molecule has 3 nitrogen and oxygen atoms in total. The van der Waals surface area contributed by atoms with Crippen LogP contribution in [0.15, 0.2) is 47.2 Å². The lowest BCUT2D eigenvalue weighted by Gasteiger charge is -1.96. The predicted molar refractivity (Wildman–Crippen MR) is 81.6 cm³/mol. The van der Waals surface area contributed by atoms with E-state index >= 15 is 0 Å². The minimum Gasteiger partial charge on any atom is -0.478 e. The number of thiophene rings is 1. The number of carbonyl (C=O) groups is 1. The summed E-state index contributed by atoms with van der Waals surface area (Å²) in [7, 11) is 0. The van der Waals surface area contributed by atoms with E-state index in [-0.39, 0.29) is 0 Å². The molecule has 0 aliphatic carbocycles.